The van der Waals surface area contributed by atoms with Crippen molar-refractivity contribution in [1.82, 2.24) is 10.6 Å². The van der Waals surface area contributed by atoms with Crippen LogP contribution in [-0.4, -0.2) is 36.0 Å². The summed E-state index contributed by atoms with van der Waals surface area (Å²) in [5, 5.41) is 14.2. The van der Waals surface area contributed by atoms with Crippen LogP contribution in [0.5, 0.6) is 0 Å². The third-order valence-corrected chi connectivity index (χ3v) is 3.30. The Bertz CT molecular complexity index is 355. The van der Waals surface area contributed by atoms with E-state index in [2.05, 4.69) is 10.6 Å². The minimum atomic E-state index is -0.929. The van der Waals surface area contributed by atoms with Gasteiger partial charge in [-0.3, -0.25) is 14.4 Å². The third-order valence-electron chi connectivity index (χ3n) is 3.30. The molecule has 1 rings (SSSR count). The van der Waals surface area contributed by atoms with Gasteiger partial charge in [0.25, 0.3) is 0 Å². The second kappa shape index (κ2) is 7.11. The summed E-state index contributed by atoms with van der Waals surface area (Å²) in [7, 11) is 0. The zero-order valence-corrected chi connectivity index (χ0v) is 11.4. The number of carbonyl (C=O) groups excluding carboxylic acids is 2. The number of hydrogen-bond donors (Lipinski definition) is 3. The largest absolute Gasteiger partial charge is 0.481 e. The van der Waals surface area contributed by atoms with E-state index in [4.69, 9.17) is 5.11 Å². The van der Waals surface area contributed by atoms with Gasteiger partial charge in [-0.1, -0.05) is 20.3 Å². The molecule has 0 heterocycles. The molecule has 2 atom stereocenters. The SMILES string of the molecule is CC(C)CNC(=O)CNC(=O)C1CCCC1C(=O)O. The Morgan fingerprint density at radius 1 is 1.16 bits per heavy atom. The first kappa shape index (κ1) is 15.5. The molecule has 0 aromatic carbocycles. The first-order valence-corrected chi connectivity index (χ1v) is 6.69. The number of amides is 2. The predicted molar refractivity (Wildman–Crippen MR) is 69.3 cm³/mol. The summed E-state index contributed by atoms with van der Waals surface area (Å²) >= 11 is 0. The highest BCUT2D eigenvalue weighted by atomic mass is 16.4. The highest BCUT2D eigenvalue weighted by molar-refractivity contribution is 5.88. The average Bonchev–Trinajstić information content (AvgIpc) is 2.82. The van der Waals surface area contributed by atoms with E-state index in [1.807, 2.05) is 13.8 Å². The van der Waals surface area contributed by atoms with E-state index in [1.54, 1.807) is 0 Å². The van der Waals surface area contributed by atoms with E-state index in [9.17, 15) is 14.4 Å². The Labute approximate surface area is 112 Å². The second-order valence-corrected chi connectivity index (χ2v) is 5.40. The Morgan fingerprint density at radius 2 is 1.79 bits per heavy atom. The van der Waals surface area contributed by atoms with Gasteiger partial charge >= 0.3 is 5.97 Å². The fourth-order valence-electron chi connectivity index (χ4n) is 2.25. The quantitative estimate of drug-likeness (QED) is 0.650. The Balaban J connectivity index is 2.34. The summed E-state index contributed by atoms with van der Waals surface area (Å²) in [4.78, 5) is 34.3. The number of rotatable bonds is 6. The number of nitrogens with one attached hydrogen (secondary N) is 2. The van der Waals surface area contributed by atoms with Crippen molar-refractivity contribution >= 4 is 17.8 Å². The van der Waals surface area contributed by atoms with Gasteiger partial charge in [0, 0.05) is 6.54 Å². The molecule has 0 spiro atoms. The van der Waals surface area contributed by atoms with Crippen LogP contribution in [0.15, 0.2) is 0 Å². The zero-order chi connectivity index (χ0) is 14.4. The number of aliphatic carboxylic acids is 1. The van der Waals surface area contributed by atoms with E-state index >= 15 is 0 Å². The fourth-order valence-corrected chi connectivity index (χ4v) is 2.25. The molecular formula is C13H22N2O4. The van der Waals surface area contributed by atoms with Crippen LogP contribution in [0, 0.1) is 17.8 Å². The molecule has 0 radical (unpaired) electrons. The van der Waals surface area contributed by atoms with E-state index in [0.29, 0.717) is 25.3 Å². The minimum Gasteiger partial charge on any atom is -0.481 e. The predicted octanol–water partition coefficient (Wildman–Crippen LogP) is 0.376. The van der Waals surface area contributed by atoms with Crippen molar-refractivity contribution in [3.05, 3.63) is 0 Å². The molecule has 1 fully saturated rings. The number of hydrogen-bond acceptors (Lipinski definition) is 3. The second-order valence-electron chi connectivity index (χ2n) is 5.40. The molecule has 1 aliphatic carbocycles. The molecule has 2 unspecified atom stereocenters. The van der Waals surface area contributed by atoms with Crippen LogP contribution < -0.4 is 10.6 Å². The van der Waals surface area contributed by atoms with Crippen molar-refractivity contribution in [2.75, 3.05) is 13.1 Å². The molecule has 6 nitrogen and oxygen atoms in total. The Hall–Kier alpha value is -1.59. The molecule has 3 N–H and O–H groups in total. The Morgan fingerprint density at radius 3 is 2.37 bits per heavy atom. The highest BCUT2D eigenvalue weighted by Gasteiger charge is 2.37. The molecule has 0 aromatic heterocycles. The summed E-state index contributed by atoms with van der Waals surface area (Å²) in [5.74, 6) is -2.27. The van der Waals surface area contributed by atoms with Crippen molar-refractivity contribution in [2.24, 2.45) is 17.8 Å². The van der Waals surface area contributed by atoms with Crippen LogP contribution in [0.2, 0.25) is 0 Å². The van der Waals surface area contributed by atoms with Gasteiger partial charge in [-0.05, 0) is 18.8 Å². The average molecular weight is 270 g/mol. The summed E-state index contributed by atoms with van der Waals surface area (Å²) < 4.78 is 0. The van der Waals surface area contributed by atoms with Crippen LogP contribution in [0.25, 0.3) is 0 Å². The van der Waals surface area contributed by atoms with Gasteiger partial charge in [0.2, 0.25) is 11.8 Å². The van der Waals surface area contributed by atoms with Crippen LogP contribution in [0.1, 0.15) is 33.1 Å². The van der Waals surface area contributed by atoms with Crippen molar-refractivity contribution in [2.45, 2.75) is 33.1 Å². The molecule has 108 valence electrons. The van der Waals surface area contributed by atoms with Gasteiger partial charge in [-0.15, -0.1) is 0 Å². The standard InChI is InChI=1S/C13H22N2O4/c1-8(2)6-14-11(16)7-15-12(17)9-4-3-5-10(9)13(18)19/h8-10H,3-7H2,1-2H3,(H,14,16)(H,15,17)(H,18,19). The van der Waals surface area contributed by atoms with Crippen molar-refractivity contribution < 1.29 is 19.5 Å². The van der Waals surface area contributed by atoms with E-state index < -0.39 is 17.8 Å². The maximum atomic E-state index is 11.8. The lowest BCUT2D eigenvalue weighted by molar-refractivity contribution is -0.146. The lowest BCUT2D eigenvalue weighted by Crippen LogP contribution is -2.42. The summed E-state index contributed by atoms with van der Waals surface area (Å²) in [6.45, 7) is 4.44. The molecular weight excluding hydrogens is 248 g/mol. The van der Waals surface area contributed by atoms with Gasteiger partial charge in [0.1, 0.15) is 0 Å². The smallest absolute Gasteiger partial charge is 0.307 e. The lowest BCUT2D eigenvalue weighted by atomic mass is 9.95. The number of carboxylic acid groups (broad SMARTS) is 1. The van der Waals surface area contributed by atoms with Crippen molar-refractivity contribution in [3.8, 4) is 0 Å². The van der Waals surface area contributed by atoms with Gasteiger partial charge in [0.15, 0.2) is 0 Å². The van der Waals surface area contributed by atoms with Crippen molar-refractivity contribution in [3.63, 3.8) is 0 Å². The summed E-state index contributed by atoms with van der Waals surface area (Å²) in [5.41, 5.74) is 0. The first-order valence-electron chi connectivity index (χ1n) is 6.69. The van der Waals surface area contributed by atoms with Crippen LogP contribution in [0.4, 0.5) is 0 Å². The summed E-state index contributed by atoms with van der Waals surface area (Å²) in [6, 6.07) is 0. The minimum absolute atomic E-state index is 0.0889. The molecule has 2 amide bonds. The molecule has 1 aliphatic rings. The molecule has 0 saturated heterocycles. The van der Waals surface area contributed by atoms with E-state index in [0.717, 1.165) is 6.42 Å². The number of carbonyl (C=O) groups is 3. The first-order chi connectivity index (χ1) is 8.91. The monoisotopic (exact) mass is 270 g/mol. The van der Waals surface area contributed by atoms with E-state index in [1.165, 1.54) is 0 Å². The lowest BCUT2D eigenvalue weighted by Gasteiger charge is -2.15. The maximum Gasteiger partial charge on any atom is 0.307 e. The molecule has 1 saturated carbocycles. The summed E-state index contributed by atoms with van der Waals surface area (Å²) in [6.07, 6.45) is 1.86. The zero-order valence-electron chi connectivity index (χ0n) is 11.4. The topological polar surface area (TPSA) is 95.5 Å². The highest BCUT2D eigenvalue weighted by Crippen LogP contribution is 2.31. The molecule has 6 heteroatoms. The van der Waals surface area contributed by atoms with Crippen LogP contribution >= 0.6 is 0 Å². The van der Waals surface area contributed by atoms with Crippen LogP contribution in [-0.2, 0) is 14.4 Å². The third kappa shape index (κ3) is 4.89. The van der Waals surface area contributed by atoms with Gasteiger partial charge in [-0.25, -0.2) is 0 Å². The molecule has 19 heavy (non-hydrogen) atoms. The molecule has 0 aromatic rings. The van der Waals surface area contributed by atoms with Gasteiger partial charge < -0.3 is 15.7 Å². The maximum absolute atomic E-state index is 11.8. The number of carboxylic acids is 1. The fraction of sp³-hybridized carbons (Fsp3) is 0.769. The van der Waals surface area contributed by atoms with Gasteiger partial charge in [-0.2, -0.15) is 0 Å². The molecule has 0 bridgehead atoms. The molecule has 0 aliphatic heterocycles. The van der Waals surface area contributed by atoms with E-state index in [-0.39, 0.29) is 18.4 Å². The normalized spacial score (nSPS) is 22.3. The van der Waals surface area contributed by atoms with Crippen molar-refractivity contribution in [1.29, 1.82) is 0 Å². The van der Waals surface area contributed by atoms with Gasteiger partial charge in [0.05, 0.1) is 18.4 Å². The van der Waals surface area contributed by atoms with Crippen LogP contribution in [0.3, 0.4) is 0 Å². The Kier molecular flexibility index (Phi) is 5.79.